The van der Waals surface area contributed by atoms with E-state index in [0.29, 0.717) is 5.92 Å². The van der Waals surface area contributed by atoms with Gasteiger partial charge in [0.1, 0.15) is 0 Å². The Balaban J connectivity index is 1.76. The van der Waals surface area contributed by atoms with Crippen LogP contribution in [0.3, 0.4) is 0 Å². The summed E-state index contributed by atoms with van der Waals surface area (Å²) in [4.78, 5) is 2.55. The van der Waals surface area contributed by atoms with E-state index < -0.39 is 10.1 Å². The standard InChI is InChI=1S/C14H19NO3S/c1-11-2-4-13(5-3-11)19(16,17)18-14-10-15-8-6-12(14)7-9-15/h2-5,12,14H,6-10H2,1H3. The second-order valence-electron chi connectivity index (χ2n) is 5.54. The van der Waals surface area contributed by atoms with Gasteiger partial charge in [0.25, 0.3) is 10.1 Å². The van der Waals surface area contributed by atoms with Crippen LogP contribution in [0.15, 0.2) is 29.2 Å². The van der Waals surface area contributed by atoms with E-state index in [1.54, 1.807) is 24.3 Å². The molecular formula is C14H19NO3S. The Morgan fingerprint density at radius 3 is 2.32 bits per heavy atom. The Kier molecular flexibility index (Phi) is 3.37. The first-order chi connectivity index (χ1) is 9.04. The smallest absolute Gasteiger partial charge is 0.297 e. The van der Waals surface area contributed by atoms with Gasteiger partial charge in [-0.05, 0) is 50.9 Å². The second kappa shape index (κ2) is 4.89. The lowest BCUT2D eigenvalue weighted by molar-refractivity contribution is -0.00428. The van der Waals surface area contributed by atoms with Gasteiger partial charge < -0.3 is 4.90 Å². The van der Waals surface area contributed by atoms with Crippen LogP contribution in [-0.4, -0.2) is 39.1 Å². The van der Waals surface area contributed by atoms with Gasteiger partial charge in [0.05, 0.1) is 11.0 Å². The summed E-state index contributed by atoms with van der Waals surface area (Å²) in [6.45, 7) is 4.84. The molecule has 0 radical (unpaired) electrons. The van der Waals surface area contributed by atoms with E-state index in [0.717, 1.165) is 38.0 Å². The summed E-state index contributed by atoms with van der Waals surface area (Å²) in [7, 11) is -3.63. The molecule has 4 rings (SSSR count). The third-order valence-corrected chi connectivity index (χ3v) is 5.51. The lowest BCUT2D eigenvalue weighted by Gasteiger charge is -2.43. The fourth-order valence-electron chi connectivity index (χ4n) is 2.94. The highest BCUT2D eigenvalue weighted by molar-refractivity contribution is 7.86. The van der Waals surface area contributed by atoms with Crippen molar-refractivity contribution in [3.63, 3.8) is 0 Å². The van der Waals surface area contributed by atoms with E-state index in [4.69, 9.17) is 4.18 Å². The van der Waals surface area contributed by atoms with Crippen LogP contribution in [0, 0.1) is 12.8 Å². The highest BCUT2D eigenvalue weighted by Crippen LogP contribution is 2.31. The largest absolute Gasteiger partial charge is 0.301 e. The van der Waals surface area contributed by atoms with E-state index in [-0.39, 0.29) is 11.0 Å². The Bertz CT molecular complexity index is 545. The molecule has 3 aliphatic heterocycles. The van der Waals surface area contributed by atoms with Gasteiger partial charge in [0.15, 0.2) is 0 Å². The summed E-state index contributed by atoms with van der Waals surface area (Å²) in [6.07, 6.45) is 1.93. The van der Waals surface area contributed by atoms with Crippen molar-refractivity contribution in [2.24, 2.45) is 5.92 Å². The van der Waals surface area contributed by atoms with Gasteiger partial charge in [-0.3, -0.25) is 4.18 Å². The summed E-state index contributed by atoms with van der Waals surface area (Å²) < 4.78 is 30.0. The first kappa shape index (κ1) is 13.1. The van der Waals surface area contributed by atoms with Crippen molar-refractivity contribution >= 4 is 10.1 Å². The van der Waals surface area contributed by atoms with E-state index in [1.165, 1.54) is 0 Å². The number of benzene rings is 1. The quantitative estimate of drug-likeness (QED) is 0.793. The predicted octanol–water partition coefficient (Wildman–Crippen LogP) is 1.79. The van der Waals surface area contributed by atoms with E-state index in [2.05, 4.69) is 4.90 Å². The van der Waals surface area contributed by atoms with Gasteiger partial charge in [0, 0.05) is 6.54 Å². The van der Waals surface area contributed by atoms with Gasteiger partial charge in [-0.1, -0.05) is 17.7 Å². The number of hydrogen-bond acceptors (Lipinski definition) is 4. The first-order valence-electron chi connectivity index (χ1n) is 6.77. The van der Waals surface area contributed by atoms with Gasteiger partial charge in [-0.15, -0.1) is 0 Å². The molecule has 0 amide bonds. The van der Waals surface area contributed by atoms with Crippen LogP contribution in [-0.2, 0) is 14.3 Å². The fraction of sp³-hybridized carbons (Fsp3) is 0.571. The van der Waals surface area contributed by atoms with Gasteiger partial charge >= 0.3 is 0 Å². The molecule has 3 fully saturated rings. The van der Waals surface area contributed by atoms with E-state index in [1.807, 2.05) is 6.92 Å². The minimum Gasteiger partial charge on any atom is -0.301 e. The maximum Gasteiger partial charge on any atom is 0.297 e. The van der Waals surface area contributed by atoms with Crippen molar-refractivity contribution in [3.05, 3.63) is 29.8 Å². The molecule has 1 atom stereocenters. The van der Waals surface area contributed by atoms with Crippen molar-refractivity contribution in [2.45, 2.75) is 30.8 Å². The van der Waals surface area contributed by atoms with Gasteiger partial charge in [-0.2, -0.15) is 8.42 Å². The maximum absolute atomic E-state index is 12.2. The number of piperidine rings is 3. The molecular weight excluding hydrogens is 262 g/mol. The molecule has 0 aliphatic carbocycles. The first-order valence-corrected chi connectivity index (χ1v) is 8.18. The number of fused-ring (bicyclic) bond motifs is 3. The third-order valence-electron chi connectivity index (χ3n) is 4.16. The molecule has 0 aromatic heterocycles. The normalized spacial score (nSPS) is 30.5. The molecule has 1 aromatic rings. The van der Waals surface area contributed by atoms with Crippen molar-refractivity contribution in [1.29, 1.82) is 0 Å². The number of aryl methyl sites for hydroxylation is 1. The zero-order chi connectivity index (χ0) is 13.5. The number of nitrogens with zero attached hydrogens (tertiary/aromatic N) is 1. The molecule has 5 heteroatoms. The average Bonchev–Trinajstić information content (AvgIpc) is 2.40. The van der Waals surface area contributed by atoms with Crippen LogP contribution >= 0.6 is 0 Å². The van der Waals surface area contributed by atoms with Crippen molar-refractivity contribution in [3.8, 4) is 0 Å². The summed E-state index contributed by atoms with van der Waals surface area (Å²) in [6, 6.07) is 6.83. The fourth-order valence-corrected chi connectivity index (χ4v) is 4.07. The number of rotatable bonds is 3. The summed E-state index contributed by atoms with van der Waals surface area (Å²) in [5, 5.41) is 0. The monoisotopic (exact) mass is 281 g/mol. The zero-order valence-electron chi connectivity index (χ0n) is 11.1. The van der Waals surface area contributed by atoms with Crippen molar-refractivity contribution in [1.82, 2.24) is 4.90 Å². The molecule has 1 unspecified atom stereocenters. The topological polar surface area (TPSA) is 46.6 Å². The molecule has 104 valence electrons. The SMILES string of the molecule is Cc1ccc(S(=O)(=O)OC2CN3CCC2CC3)cc1. The summed E-state index contributed by atoms with van der Waals surface area (Å²) >= 11 is 0. The van der Waals surface area contributed by atoms with Crippen LogP contribution in [0.1, 0.15) is 18.4 Å². The van der Waals surface area contributed by atoms with Gasteiger partial charge in [0.2, 0.25) is 0 Å². The minimum atomic E-state index is -3.63. The third kappa shape index (κ3) is 2.68. The molecule has 4 nitrogen and oxygen atoms in total. The van der Waals surface area contributed by atoms with Crippen molar-refractivity contribution < 1.29 is 12.6 Å². The zero-order valence-corrected chi connectivity index (χ0v) is 11.9. The summed E-state index contributed by atoms with van der Waals surface area (Å²) in [5.41, 5.74) is 1.04. The molecule has 19 heavy (non-hydrogen) atoms. The van der Waals surface area contributed by atoms with E-state index >= 15 is 0 Å². The van der Waals surface area contributed by atoms with Crippen LogP contribution < -0.4 is 0 Å². The molecule has 0 spiro atoms. The lowest BCUT2D eigenvalue weighted by atomic mass is 9.86. The maximum atomic E-state index is 12.2. The lowest BCUT2D eigenvalue weighted by Crippen LogP contribution is -2.51. The van der Waals surface area contributed by atoms with Gasteiger partial charge in [-0.25, -0.2) is 0 Å². The molecule has 3 saturated heterocycles. The molecule has 0 saturated carbocycles. The second-order valence-corrected chi connectivity index (χ2v) is 7.11. The molecule has 3 aliphatic rings. The average molecular weight is 281 g/mol. The van der Waals surface area contributed by atoms with Crippen LogP contribution in [0.4, 0.5) is 0 Å². The van der Waals surface area contributed by atoms with Crippen LogP contribution in [0.5, 0.6) is 0 Å². The Labute approximate surface area is 114 Å². The van der Waals surface area contributed by atoms with E-state index in [9.17, 15) is 8.42 Å². The predicted molar refractivity (Wildman–Crippen MR) is 72.4 cm³/mol. The minimum absolute atomic E-state index is 0.172. The Hall–Kier alpha value is -0.910. The van der Waals surface area contributed by atoms with Crippen LogP contribution in [0.25, 0.3) is 0 Å². The Morgan fingerprint density at radius 1 is 1.16 bits per heavy atom. The molecule has 2 bridgehead atoms. The molecule has 3 heterocycles. The highest BCUT2D eigenvalue weighted by Gasteiger charge is 2.37. The number of hydrogen-bond donors (Lipinski definition) is 0. The highest BCUT2D eigenvalue weighted by atomic mass is 32.2. The molecule has 0 N–H and O–H groups in total. The van der Waals surface area contributed by atoms with Crippen LogP contribution in [0.2, 0.25) is 0 Å². The molecule has 1 aromatic carbocycles. The Morgan fingerprint density at radius 2 is 1.79 bits per heavy atom. The van der Waals surface area contributed by atoms with Crippen molar-refractivity contribution in [2.75, 3.05) is 19.6 Å². The summed E-state index contributed by atoms with van der Waals surface area (Å²) in [5.74, 6) is 0.394.